The van der Waals surface area contributed by atoms with Crippen LogP contribution in [0.4, 0.5) is 0 Å². The van der Waals surface area contributed by atoms with Crippen LogP contribution in [0.2, 0.25) is 0 Å². The number of aromatic nitrogens is 6. The topological polar surface area (TPSA) is 95.6 Å². The molecule has 5 aromatic heterocycles. The van der Waals surface area contributed by atoms with Crippen LogP contribution in [-0.2, 0) is 0 Å². The minimum atomic E-state index is 0.595. The highest BCUT2D eigenvalue weighted by molar-refractivity contribution is 6.01. The highest BCUT2D eigenvalue weighted by Crippen LogP contribution is 2.34. The predicted molar refractivity (Wildman–Crippen MR) is 142 cm³/mol. The maximum Gasteiger partial charge on any atom is 0.138 e. The summed E-state index contributed by atoms with van der Waals surface area (Å²) < 4.78 is 5.87. The van der Waals surface area contributed by atoms with Gasteiger partial charge in [-0.1, -0.05) is 18.2 Å². The van der Waals surface area contributed by atoms with Gasteiger partial charge in [0.1, 0.15) is 18.1 Å². The van der Waals surface area contributed by atoms with Crippen LogP contribution >= 0.6 is 0 Å². The lowest BCUT2D eigenvalue weighted by molar-refractivity contribution is 0.261. The van der Waals surface area contributed by atoms with E-state index in [0.29, 0.717) is 6.61 Å². The molecular formula is C28H25N7O. The Morgan fingerprint density at radius 3 is 2.67 bits per heavy atom. The summed E-state index contributed by atoms with van der Waals surface area (Å²) in [7, 11) is 4.04. The Morgan fingerprint density at radius 2 is 1.81 bits per heavy atom. The number of benzene rings is 1. The number of hydrogen-bond acceptors (Lipinski definition) is 6. The van der Waals surface area contributed by atoms with Crippen molar-refractivity contribution in [2.24, 2.45) is 0 Å². The Balaban J connectivity index is 1.38. The van der Waals surface area contributed by atoms with E-state index in [1.807, 2.05) is 62.9 Å². The van der Waals surface area contributed by atoms with Gasteiger partial charge in [0.2, 0.25) is 0 Å². The van der Waals surface area contributed by atoms with E-state index in [1.165, 1.54) is 0 Å². The van der Waals surface area contributed by atoms with Gasteiger partial charge in [-0.05, 0) is 50.5 Å². The number of rotatable bonds is 7. The Morgan fingerprint density at radius 1 is 0.861 bits per heavy atom. The highest BCUT2D eigenvalue weighted by Gasteiger charge is 2.15. The van der Waals surface area contributed by atoms with Crippen molar-refractivity contribution in [2.45, 2.75) is 0 Å². The first-order chi connectivity index (χ1) is 17.7. The molecule has 2 N–H and O–H groups in total. The van der Waals surface area contributed by atoms with Gasteiger partial charge in [-0.15, -0.1) is 0 Å². The van der Waals surface area contributed by atoms with Crippen LogP contribution in [0.3, 0.4) is 0 Å². The van der Waals surface area contributed by atoms with E-state index in [9.17, 15) is 0 Å². The molecule has 0 radical (unpaired) electrons. The van der Waals surface area contributed by atoms with Gasteiger partial charge in [0.05, 0.1) is 35.0 Å². The van der Waals surface area contributed by atoms with Gasteiger partial charge in [-0.2, -0.15) is 5.10 Å². The SMILES string of the molecule is CN(C)CCOc1cncc(-c2cc3c(-c4cc5c(-c6ccccn6)cccc5[nH]4)n[nH]c3cn2)c1. The van der Waals surface area contributed by atoms with Crippen LogP contribution in [0.1, 0.15) is 0 Å². The van der Waals surface area contributed by atoms with Crippen LogP contribution in [0, 0.1) is 0 Å². The van der Waals surface area contributed by atoms with E-state index in [-0.39, 0.29) is 0 Å². The van der Waals surface area contributed by atoms with Crippen molar-refractivity contribution in [3.8, 4) is 39.7 Å². The fraction of sp³-hybridized carbons (Fsp3) is 0.143. The van der Waals surface area contributed by atoms with E-state index in [4.69, 9.17) is 4.74 Å². The third-order valence-corrected chi connectivity index (χ3v) is 6.12. The summed E-state index contributed by atoms with van der Waals surface area (Å²) in [5.74, 6) is 0.723. The van der Waals surface area contributed by atoms with Crippen LogP contribution < -0.4 is 4.74 Å². The summed E-state index contributed by atoms with van der Waals surface area (Å²) in [5, 5.41) is 9.81. The molecular weight excluding hydrogens is 450 g/mol. The molecule has 6 aromatic rings. The third-order valence-electron chi connectivity index (χ3n) is 6.12. The molecule has 0 bridgehead atoms. The molecule has 0 atom stereocenters. The first kappa shape index (κ1) is 21.9. The molecule has 8 heteroatoms. The lowest BCUT2D eigenvalue weighted by atomic mass is 10.1. The molecule has 1 aromatic carbocycles. The van der Waals surface area contributed by atoms with Gasteiger partial charge in [0.15, 0.2) is 0 Å². The molecule has 0 aliphatic carbocycles. The minimum absolute atomic E-state index is 0.595. The quantitative estimate of drug-likeness (QED) is 0.331. The predicted octanol–water partition coefficient (Wildman–Crippen LogP) is 5.17. The molecule has 0 saturated carbocycles. The molecule has 5 heterocycles. The number of pyridine rings is 3. The molecule has 0 amide bonds. The number of fused-ring (bicyclic) bond motifs is 2. The van der Waals surface area contributed by atoms with Crippen LogP contribution in [-0.4, -0.2) is 62.3 Å². The zero-order valence-corrected chi connectivity index (χ0v) is 20.1. The van der Waals surface area contributed by atoms with E-state index in [0.717, 1.165) is 68.0 Å². The van der Waals surface area contributed by atoms with Crippen LogP contribution in [0.5, 0.6) is 5.75 Å². The van der Waals surface area contributed by atoms with E-state index in [1.54, 1.807) is 12.4 Å². The first-order valence-electron chi connectivity index (χ1n) is 11.8. The van der Waals surface area contributed by atoms with Crippen molar-refractivity contribution in [1.82, 2.24) is 35.0 Å². The fourth-order valence-electron chi connectivity index (χ4n) is 4.29. The lowest BCUT2D eigenvalue weighted by Crippen LogP contribution is -2.19. The normalized spacial score (nSPS) is 11.5. The molecule has 0 aliphatic heterocycles. The number of aromatic amines is 2. The summed E-state index contributed by atoms with van der Waals surface area (Å²) in [6, 6.07) is 18.3. The van der Waals surface area contributed by atoms with E-state index >= 15 is 0 Å². The van der Waals surface area contributed by atoms with Gasteiger partial charge in [-0.25, -0.2) is 0 Å². The van der Waals surface area contributed by atoms with Crippen LogP contribution in [0.25, 0.3) is 55.7 Å². The maximum absolute atomic E-state index is 5.87. The molecule has 0 spiro atoms. The largest absolute Gasteiger partial charge is 0.491 e. The Bertz CT molecular complexity index is 1650. The molecule has 0 aliphatic rings. The number of H-pyrrole nitrogens is 2. The van der Waals surface area contributed by atoms with Gasteiger partial charge >= 0.3 is 0 Å². The smallest absolute Gasteiger partial charge is 0.138 e. The molecule has 36 heavy (non-hydrogen) atoms. The second kappa shape index (κ2) is 9.24. The molecule has 0 saturated heterocycles. The van der Waals surface area contributed by atoms with Crippen molar-refractivity contribution in [2.75, 3.05) is 27.2 Å². The molecule has 8 nitrogen and oxygen atoms in total. The van der Waals surface area contributed by atoms with Crippen molar-refractivity contribution in [3.05, 3.63) is 79.4 Å². The van der Waals surface area contributed by atoms with Gasteiger partial charge in [0, 0.05) is 46.4 Å². The minimum Gasteiger partial charge on any atom is -0.491 e. The lowest BCUT2D eigenvalue weighted by Gasteiger charge is -2.11. The monoisotopic (exact) mass is 475 g/mol. The Hall–Kier alpha value is -4.56. The maximum atomic E-state index is 5.87. The van der Waals surface area contributed by atoms with Gasteiger partial charge < -0.3 is 14.6 Å². The van der Waals surface area contributed by atoms with Gasteiger partial charge in [0.25, 0.3) is 0 Å². The average molecular weight is 476 g/mol. The number of nitrogens with one attached hydrogen (secondary N) is 2. The second-order valence-corrected chi connectivity index (χ2v) is 8.91. The summed E-state index contributed by atoms with van der Waals surface area (Å²) in [6.45, 7) is 1.43. The third kappa shape index (κ3) is 4.18. The number of hydrogen-bond donors (Lipinski definition) is 2. The zero-order valence-electron chi connectivity index (χ0n) is 20.1. The summed E-state index contributed by atoms with van der Waals surface area (Å²) in [6.07, 6.45) is 7.15. The fourth-order valence-corrected chi connectivity index (χ4v) is 4.29. The van der Waals surface area contributed by atoms with Crippen molar-refractivity contribution < 1.29 is 4.74 Å². The standard InChI is InChI=1S/C28H25N7O/c1-35(2)10-11-36-19-12-18(15-29-16-19)25-14-22-27(17-31-25)33-34-28(22)26-13-21-20(6-5-8-24(21)32-26)23-7-3-4-9-30-23/h3-9,12-17,32H,10-11H2,1-2H3,(H,33,34). The number of ether oxygens (including phenoxy) is 1. The van der Waals surface area contributed by atoms with E-state index in [2.05, 4.69) is 53.2 Å². The summed E-state index contributed by atoms with van der Waals surface area (Å²) in [5.41, 5.74) is 7.37. The number of nitrogens with zero attached hydrogens (tertiary/aromatic N) is 5. The number of likely N-dealkylation sites (N-methyl/N-ethyl adjacent to an activating group) is 1. The summed E-state index contributed by atoms with van der Waals surface area (Å²) >= 11 is 0. The van der Waals surface area contributed by atoms with Crippen molar-refractivity contribution >= 4 is 21.8 Å². The molecule has 0 fully saturated rings. The highest BCUT2D eigenvalue weighted by atomic mass is 16.5. The Labute approximate surface area is 208 Å². The zero-order chi connectivity index (χ0) is 24.5. The van der Waals surface area contributed by atoms with Gasteiger partial charge in [-0.3, -0.25) is 20.1 Å². The molecule has 6 rings (SSSR count). The first-order valence-corrected chi connectivity index (χ1v) is 11.8. The Kier molecular flexibility index (Phi) is 5.63. The van der Waals surface area contributed by atoms with Crippen molar-refractivity contribution in [1.29, 1.82) is 0 Å². The summed E-state index contributed by atoms with van der Waals surface area (Å²) in [4.78, 5) is 19.1. The second-order valence-electron chi connectivity index (χ2n) is 8.91. The average Bonchev–Trinajstić information content (AvgIpc) is 3.53. The van der Waals surface area contributed by atoms with Crippen LogP contribution in [0.15, 0.2) is 79.4 Å². The molecule has 0 unspecified atom stereocenters. The van der Waals surface area contributed by atoms with E-state index < -0.39 is 0 Å². The van der Waals surface area contributed by atoms with Crippen molar-refractivity contribution in [3.63, 3.8) is 0 Å². The molecule has 178 valence electrons.